The van der Waals surface area contributed by atoms with Crippen LogP contribution in [0.4, 0.5) is 0 Å². The fourth-order valence-electron chi connectivity index (χ4n) is 10.7. The zero-order chi connectivity index (χ0) is 66.8. The summed E-state index contributed by atoms with van der Waals surface area (Å²) in [5, 5.41) is 10.6. The van der Waals surface area contributed by atoms with Crippen LogP contribution in [0.2, 0.25) is 0 Å². The summed E-state index contributed by atoms with van der Waals surface area (Å²) >= 11 is 0. The third kappa shape index (κ3) is 64.8. The number of aliphatic hydroxyl groups excluding tert-OH is 1. The van der Waals surface area contributed by atoms with Gasteiger partial charge in [-0.15, -0.1) is 0 Å². The molecule has 0 aliphatic carbocycles. The van der Waals surface area contributed by atoms with Crippen LogP contribution in [0.5, 0.6) is 0 Å². The van der Waals surface area contributed by atoms with Gasteiger partial charge >= 0.3 is 39.5 Å². The Morgan fingerprint density at radius 3 is 0.689 bits per heavy atom. The Labute approximate surface area is 549 Å². The van der Waals surface area contributed by atoms with E-state index in [1.165, 1.54) is 148 Å². The average Bonchev–Trinajstić information content (AvgIpc) is 2.76. The molecule has 3 N–H and O–H groups in total. The molecule has 0 bridgehead atoms. The van der Waals surface area contributed by atoms with Crippen LogP contribution in [0.1, 0.15) is 351 Å². The number of hydrogen-bond donors (Lipinski definition) is 3. The third-order valence-electron chi connectivity index (χ3n) is 16.3. The molecule has 0 aromatic rings. The summed E-state index contributed by atoms with van der Waals surface area (Å²) in [7, 11) is -9.90. The van der Waals surface area contributed by atoms with Crippen LogP contribution in [-0.4, -0.2) is 96.7 Å². The van der Waals surface area contributed by atoms with Crippen LogP contribution in [0, 0.1) is 23.7 Å². The van der Waals surface area contributed by atoms with Crippen LogP contribution >= 0.6 is 15.6 Å². The van der Waals surface area contributed by atoms with E-state index in [0.717, 1.165) is 114 Å². The van der Waals surface area contributed by atoms with Gasteiger partial charge in [0.1, 0.15) is 19.3 Å². The van der Waals surface area contributed by atoms with E-state index in [-0.39, 0.29) is 25.7 Å². The smallest absolute Gasteiger partial charge is 0.462 e. The van der Waals surface area contributed by atoms with Crippen LogP contribution in [-0.2, 0) is 65.4 Å². The molecular formula is C71H138O17P2. The van der Waals surface area contributed by atoms with E-state index in [4.69, 9.17) is 37.0 Å². The van der Waals surface area contributed by atoms with Crippen molar-refractivity contribution in [3.8, 4) is 0 Å². The lowest BCUT2D eigenvalue weighted by atomic mass is 10.0. The molecule has 2 unspecified atom stereocenters. The molecule has 90 heavy (non-hydrogen) atoms. The highest BCUT2D eigenvalue weighted by Gasteiger charge is 2.30. The molecule has 19 heteroatoms. The lowest BCUT2D eigenvalue weighted by Crippen LogP contribution is -2.30. The molecular weight excluding hydrogens is 1190 g/mol. The highest BCUT2D eigenvalue weighted by atomic mass is 31.2. The van der Waals surface area contributed by atoms with Gasteiger partial charge in [-0.1, -0.05) is 299 Å². The zero-order valence-corrected chi connectivity index (χ0v) is 60.6. The third-order valence-corrected chi connectivity index (χ3v) is 18.2. The molecule has 0 spiro atoms. The van der Waals surface area contributed by atoms with Gasteiger partial charge in [-0.05, 0) is 49.4 Å². The Morgan fingerprint density at radius 2 is 0.467 bits per heavy atom. The van der Waals surface area contributed by atoms with Gasteiger partial charge in [0.2, 0.25) is 0 Å². The molecule has 0 amide bonds. The van der Waals surface area contributed by atoms with Crippen molar-refractivity contribution < 1.29 is 80.2 Å². The minimum atomic E-state index is -4.95. The second-order valence-corrected chi connectivity index (χ2v) is 30.4. The Bertz CT molecular complexity index is 1780. The fourth-order valence-corrected chi connectivity index (χ4v) is 12.2. The summed E-state index contributed by atoms with van der Waals surface area (Å²) in [4.78, 5) is 72.5. The molecule has 0 aromatic carbocycles. The predicted octanol–water partition coefficient (Wildman–Crippen LogP) is 20.1. The maximum absolute atomic E-state index is 13.0. The summed E-state index contributed by atoms with van der Waals surface area (Å²) in [5.41, 5.74) is 0. The standard InChI is InChI=1S/C71H138O17P2/c1-61(2)47-39-31-23-17-12-10-9-11-13-20-26-35-43-51-68(73)81-57-66(87-71(76)54-46-38-28-22-16-19-25-33-41-49-63(5)6)59-85-89(77,78)83-55-65(72)56-84-90(79,80)86-60-67(58-82-69(74)52-44-36-30-29-34-42-50-64(7)8)88-70(75)53-45-37-27-21-15-14-18-24-32-40-48-62(3)4/h61-67,72H,9-60H2,1-8H3,(H,77,78)(H,79,80)/t65-,66-,67-/m1/s1. The van der Waals surface area contributed by atoms with E-state index in [2.05, 4.69) is 55.4 Å². The first-order valence-electron chi connectivity index (χ1n) is 36.7. The van der Waals surface area contributed by atoms with Crippen LogP contribution < -0.4 is 0 Å². The maximum Gasteiger partial charge on any atom is 0.472 e. The first kappa shape index (κ1) is 88.1. The molecule has 0 radical (unpaired) electrons. The number of phosphoric acid groups is 2. The van der Waals surface area contributed by atoms with Crippen molar-refractivity contribution in [1.29, 1.82) is 0 Å². The van der Waals surface area contributed by atoms with E-state index in [1.54, 1.807) is 0 Å². The number of aliphatic hydroxyl groups is 1. The van der Waals surface area contributed by atoms with Crippen LogP contribution in [0.3, 0.4) is 0 Å². The first-order valence-corrected chi connectivity index (χ1v) is 39.7. The SMILES string of the molecule is CC(C)CCCCCCCCCCCCCCCC(=O)OC[C@H](COP(=O)(O)OC[C@@H](O)COP(=O)(O)OC[C@@H](COC(=O)CCCCCCCCC(C)C)OC(=O)CCCCCCCCCCCCC(C)C)OC(=O)CCCCCCCCCCCC(C)C. The molecule has 0 fully saturated rings. The van der Waals surface area contributed by atoms with E-state index in [1.807, 2.05) is 0 Å². The summed E-state index contributed by atoms with van der Waals surface area (Å²) in [6.45, 7) is 14.1. The quantitative estimate of drug-likeness (QED) is 0.0222. The molecule has 0 aliphatic heterocycles. The largest absolute Gasteiger partial charge is 0.472 e. The predicted molar refractivity (Wildman–Crippen MR) is 363 cm³/mol. The Kier molecular flexibility index (Phi) is 59.4. The van der Waals surface area contributed by atoms with Crippen molar-refractivity contribution in [1.82, 2.24) is 0 Å². The maximum atomic E-state index is 13.0. The van der Waals surface area contributed by atoms with Gasteiger partial charge < -0.3 is 33.8 Å². The number of unbranched alkanes of at least 4 members (excludes halogenated alkanes) is 34. The molecule has 0 saturated heterocycles. The van der Waals surface area contributed by atoms with Gasteiger partial charge in [-0.3, -0.25) is 37.3 Å². The Balaban J connectivity index is 5.23. The van der Waals surface area contributed by atoms with Gasteiger partial charge in [0, 0.05) is 25.7 Å². The average molecular weight is 1330 g/mol. The highest BCUT2D eigenvalue weighted by Crippen LogP contribution is 2.45. The number of esters is 4. The van der Waals surface area contributed by atoms with Gasteiger partial charge in [-0.2, -0.15) is 0 Å². The van der Waals surface area contributed by atoms with Crippen LogP contribution in [0.25, 0.3) is 0 Å². The highest BCUT2D eigenvalue weighted by molar-refractivity contribution is 7.47. The van der Waals surface area contributed by atoms with E-state index < -0.39 is 97.5 Å². The minimum Gasteiger partial charge on any atom is -0.462 e. The van der Waals surface area contributed by atoms with E-state index in [9.17, 15) is 43.2 Å². The van der Waals surface area contributed by atoms with E-state index >= 15 is 0 Å². The Morgan fingerprint density at radius 1 is 0.278 bits per heavy atom. The second-order valence-electron chi connectivity index (χ2n) is 27.5. The summed E-state index contributed by atoms with van der Waals surface area (Å²) in [5.74, 6) is 0.829. The van der Waals surface area contributed by atoms with Crippen molar-refractivity contribution in [3.05, 3.63) is 0 Å². The second kappa shape index (κ2) is 60.7. The molecule has 534 valence electrons. The zero-order valence-electron chi connectivity index (χ0n) is 58.8. The number of carbonyl (C=O) groups excluding carboxylic acids is 4. The molecule has 0 heterocycles. The number of ether oxygens (including phenoxy) is 4. The monoisotopic (exact) mass is 1320 g/mol. The van der Waals surface area contributed by atoms with Gasteiger partial charge in [0.25, 0.3) is 0 Å². The molecule has 5 atom stereocenters. The summed E-state index contributed by atoms with van der Waals surface area (Å²) in [6.07, 6.45) is 43.2. The van der Waals surface area contributed by atoms with Crippen molar-refractivity contribution in [3.63, 3.8) is 0 Å². The van der Waals surface area contributed by atoms with Crippen molar-refractivity contribution in [2.45, 2.75) is 369 Å². The lowest BCUT2D eigenvalue weighted by molar-refractivity contribution is -0.161. The number of phosphoric ester groups is 2. The van der Waals surface area contributed by atoms with Gasteiger partial charge in [0.15, 0.2) is 12.2 Å². The summed E-state index contributed by atoms with van der Waals surface area (Å²) < 4.78 is 68.3. The van der Waals surface area contributed by atoms with Gasteiger partial charge in [0.05, 0.1) is 26.4 Å². The van der Waals surface area contributed by atoms with Crippen molar-refractivity contribution in [2.75, 3.05) is 39.6 Å². The number of carbonyl (C=O) groups is 4. The van der Waals surface area contributed by atoms with E-state index in [0.29, 0.717) is 31.6 Å². The number of rotatable bonds is 68. The molecule has 0 rings (SSSR count). The molecule has 0 aromatic heterocycles. The lowest BCUT2D eigenvalue weighted by Gasteiger charge is -2.21. The van der Waals surface area contributed by atoms with Crippen molar-refractivity contribution >= 4 is 39.5 Å². The fraction of sp³-hybridized carbons (Fsp3) is 0.944. The Hall–Kier alpha value is -1.94. The molecule has 0 aliphatic rings. The summed E-state index contributed by atoms with van der Waals surface area (Å²) in [6, 6.07) is 0. The molecule has 17 nitrogen and oxygen atoms in total. The normalized spacial score (nSPS) is 14.3. The topological polar surface area (TPSA) is 237 Å². The number of hydrogen-bond acceptors (Lipinski definition) is 15. The van der Waals surface area contributed by atoms with Crippen molar-refractivity contribution in [2.24, 2.45) is 23.7 Å². The van der Waals surface area contributed by atoms with Gasteiger partial charge in [-0.25, -0.2) is 9.13 Å². The first-order chi connectivity index (χ1) is 43.1. The molecule has 0 saturated carbocycles. The van der Waals surface area contributed by atoms with Crippen LogP contribution in [0.15, 0.2) is 0 Å². The minimum absolute atomic E-state index is 0.104.